The Morgan fingerprint density at radius 2 is 2.10 bits per heavy atom. The number of hydrogen-bond acceptors (Lipinski definition) is 4. The van der Waals surface area contributed by atoms with Crippen LogP contribution >= 0.6 is 0 Å². The third-order valence-electron chi connectivity index (χ3n) is 4.03. The van der Waals surface area contributed by atoms with Gasteiger partial charge in [0.15, 0.2) is 0 Å². The lowest BCUT2D eigenvalue weighted by Gasteiger charge is -2.36. The molecule has 1 atom stereocenters. The molecule has 2 saturated heterocycles. The number of hydrogen-bond donors (Lipinski definition) is 2. The van der Waals surface area contributed by atoms with Crippen molar-refractivity contribution in [3.05, 3.63) is 12.7 Å². The lowest BCUT2D eigenvalue weighted by Crippen LogP contribution is -2.55. The van der Waals surface area contributed by atoms with Crippen LogP contribution in [-0.2, 0) is 9.59 Å². The van der Waals surface area contributed by atoms with Crippen LogP contribution in [0.1, 0.15) is 19.8 Å². The number of carbonyl (C=O) groups excluding carboxylic acids is 2. The average Bonchev–Trinajstić information content (AvgIpc) is 2.63. The molecule has 7 heteroatoms. The minimum absolute atomic E-state index is 0.421. The molecule has 110 valence electrons. The monoisotopic (exact) mass is 281 g/mol. The summed E-state index contributed by atoms with van der Waals surface area (Å²) < 4.78 is 0. The van der Waals surface area contributed by atoms with Gasteiger partial charge in [0.1, 0.15) is 11.6 Å². The molecule has 0 aliphatic carbocycles. The van der Waals surface area contributed by atoms with E-state index in [-0.39, 0.29) is 0 Å². The zero-order valence-corrected chi connectivity index (χ0v) is 11.5. The molecule has 2 aliphatic heterocycles. The zero-order valence-electron chi connectivity index (χ0n) is 11.5. The molecule has 0 bridgehead atoms. The standard InChI is InChI=1S/C13H19N3O4/c1-3-6-15-7-4-13(5-8-15)11(19)16(12(20)14-13)9(2)10(17)18/h3,9H,1,4-8H2,2H3,(H,14,20)(H,17,18). The second-order valence-electron chi connectivity index (χ2n) is 5.29. The van der Waals surface area contributed by atoms with Crippen LogP contribution in [0.25, 0.3) is 0 Å². The second kappa shape index (κ2) is 5.24. The predicted octanol–water partition coefficient (Wildman–Crippen LogP) is 0.0319. The lowest BCUT2D eigenvalue weighted by molar-refractivity contribution is -0.147. The predicted molar refractivity (Wildman–Crippen MR) is 71.1 cm³/mol. The van der Waals surface area contributed by atoms with Crippen molar-refractivity contribution >= 4 is 17.9 Å². The molecular formula is C13H19N3O4. The lowest BCUT2D eigenvalue weighted by atomic mass is 9.87. The van der Waals surface area contributed by atoms with Crippen LogP contribution in [0.5, 0.6) is 0 Å². The summed E-state index contributed by atoms with van der Waals surface area (Å²) in [5.41, 5.74) is -0.932. The second-order valence-corrected chi connectivity index (χ2v) is 5.29. The summed E-state index contributed by atoms with van der Waals surface area (Å²) in [6.45, 7) is 7.10. The first-order chi connectivity index (χ1) is 9.41. The van der Waals surface area contributed by atoms with E-state index in [9.17, 15) is 14.4 Å². The van der Waals surface area contributed by atoms with Crippen LogP contribution in [0, 0.1) is 0 Å². The summed E-state index contributed by atoms with van der Waals surface area (Å²) >= 11 is 0. The number of carboxylic acids is 1. The molecule has 0 saturated carbocycles. The maximum Gasteiger partial charge on any atom is 0.326 e. The van der Waals surface area contributed by atoms with E-state index in [2.05, 4.69) is 16.8 Å². The summed E-state index contributed by atoms with van der Waals surface area (Å²) in [6, 6.07) is -1.75. The van der Waals surface area contributed by atoms with Gasteiger partial charge in [-0.2, -0.15) is 0 Å². The van der Waals surface area contributed by atoms with Gasteiger partial charge in [0.2, 0.25) is 0 Å². The SMILES string of the molecule is C=CCN1CCC2(CC1)NC(=O)N(C(C)C(=O)O)C2=O. The summed E-state index contributed by atoms with van der Waals surface area (Å²) in [7, 11) is 0. The highest BCUT2D eigenvalue weighted by atomic mass is 16.4. The molecule has 2 N–H and O–H groups in total. The summed E-state index contributed by atoms with van der Waals surface area (Å²) in [6.07, 6.45) is 2.79. The highest BCUT2D eigenvalue weighted by Crippen LogP contribution is 2.30. The molecule has 7 nitrogen and oxygen atoms in total. The van der Waals surface area contributed by atoms with Gasteiger partial charge in [-0.05, 0) is 19.8 Å². The Hall–Kier alpha value is -1.89. The number of amides is 3. The van der Waals surface area contributed by atoms with Crippen LogP contribution < -0.4 is 5.32 Å². The molecule has 2 aliphatic rings. The maximum atomic E-state index is 12.4. The van der Waals surface area contributed by atoms with Crippen molar-refractivity contribution in [2.75, 3.05) is 19.6 Å². The van der Waals surface area contributed by atoms with Crippen LogP contribution in [0.4, 0.5) is 4.79 Å². The molecule has 2 rings (SSSR count). The van der Waals surface area contributed by atoms with Gasteiger partial charge in [0.25, 0.3) is 5.91 Å². The number of carbonyl (C=O) groups is 3. The normalized spacial score (nSPS) is 23.8. The molecule has 0 aromatic heterocycles. The summed E-state index contributed by atoms with van der Waals surface area (Å²) in [5.74, 6) is -1.61. The number of nitrogens with zero attached hydrogens (tertiary/aromatic N) is 2. The third kappa shape index (κ3) is 2.29. The minimum Gasteiger partial charge on any atom is -0.480 e. The van der Waals surface area contributed by atoms with Crippen molar-refractivity contribution in [3.63, 3.8) is 0 Å². The van der Waals surface area contributed by atoms with Crippen LogP contribution in [0.3, 0.4) is 0 Å². The van der Waals surface area contributed by atoms with E-state index in [1.54, 1.807) is 6.08 Å². The first-order valence-electron chi connectivity index (χ1n) is 6.63. The number of piperidine rings is 1. The highest BCUT2D eigenvalue weighted by molar-refractivity contribution is 6.09. The quantitative estimate of drug-likeness (QED) is 0.560. The molecule has 1 unspecified atom stereocenters. The van der Waals surface area contributed by atoms with E-state index in [1.807, 2.05) is 0 Å². The van der Waals surface area contributed by atoms with Crippen molar-refractivity contribution < 1.29 is 19.5 Å². The van der Waals surface area contributed by atoms with Crippen LogP contribution in [0.15, 0.2) is 12.7 Å². The smallest absolute Gasteiger partial charge is 0.326 e. The largest absolute Gasteiger partial charge is 0.480 e. The van der Waals surface area contributed by atoms with Crippen molar-refractivity contribution in [2.24, 2.45) is 0 Å². The number of carboxylic acid groups (broad SMARTS) is 1. The van der Waals surface area contributed by atoms with Crippen molar-refractivity contribution in [1.29, 1.82) is 0 Å². The molecular weight excluding hydrogens is 262 g/mol. The van der Waals surface area contributed by atoms with E-state index in [0.29, 0.717) is 25.9 Å². The van der Waals surface area contributed by atoms with E-state index in [4.69, 9.17) is 5.11 Å². The number of rotatable bonds is 4. The van der Waals surface area contributed by atoms with Crippen molar-refractivity contribution in [3.8, 4) is 0 Å². The number of aliphatic carboxylic acids is 1. The molecule has 3 amide bonds. The van der Waals surface area contributed by atoms with Gasteiger partial charge < -0.3 is 10.4 Å². The van der Waals surface area contributed by atoms with E-state index in [0.717, 1.165) is 11.4 Å². The first-order valence-corrected chi connectivity index (χ1v) is 6.63. The Labute approximate surface area is 117 Å². The molecule has 20 heavy (non-hydrogen) atoms. The molecule has 0 aromatic rings. The Morgan fingerprint density at radius 1 is 1.50 bits per heavy atom. The Kier molecular flexibility index (Phi) is 3.80. The van der Waals surface area contributed by atoms with Gasteiger partial charge in [-0.15, -0.1) is 6.58 Å². The fourth-order valence-electron chi connectivity index (χ4n) is 2.74. The maximum absolute atomic E-state index is 12.4. The third-order valence-corrected chi connectivity index (χ3v) is 4.03. The molecule has 1 spiro atoms. The van der Waals surface area contributed by atoms with E-state index in [1.165, 1.54) is 6.92 Å². The van der Waals surface area contributed by atoms with E-state index >= 15 is 0 Å². The molecule has 0 radical (unpaired) electrons. The van der Waals surface area contributed by atoms with Gasteiger partial charge in [-0.1, -0.05) is 6.08 Å². The van der Waals surface area contributed by atoms with E-state index < -0.39 is 29.5 Å². The minimum atomic E-state index is -1.19. The number of nitrogens with one attached hydrogen (secondary N) is 1. The Bertz CT molecular complexity index is 455. The fraction of sp³-hybridized carbons (Fsp3) is 0.615. The summed E-state index contributed by atoms with van der Waals surface area (Å²) in [4.78, 5) is 38.3. The Morgan fingerprint density at radius 3 is 2.60 bits per heavy atom. The van der Waals surface area contributed by atoms with Gasteiger partial charge >= 0.3 is 12.0 Å². The van der Waals surface area contributed by atoms with Crippen molar-refractivity contribution in [2.45, 2.75) is 31.3 Å². The summed E-state index contributed by atoms with van der Waals surface area (Å²) in [5, 5.41) is 11.7. The molecule has 0 aromatic carbocycles. The number of imide groups is 1. The van der Waals surface area contributed by atoms with Gasteiger partial charge in [0, 0.05) is 19.6 Å². The number of urea groups is 1. The topological polar surface area (TPSA) is 90.0 Å². The number of likely N-dealkylation sites (tertiary alicyclic amines) is 1. The Balaban J connectivity index is 2.12. The highest BCUT2D eigenvalue weighted by Gasteiger charge is 2.54. The van der Waals surface area contributed by atoms with Crippen LogP contribution in [-0.4, -0.2) is 64.0 Å². The zero-order chi connectivity index (χ0) is 14.9. The average molecular weight is 281 g/mol. The van der Waals surface area contributed by atoms with Crippen LogP contribution in [0.2, 0.25) is 0 Å². The van der Waals surface area contributed by atoms with Gasteiger partial charge in [-0.25, -0.2) is 14.5 Å². The van der Waals surface area contributed by atoms with Crippen molar-refractivity contribution in [1.82, 2.24) is 15.1 Å². The fourth-order valence-corrected chi connectivity index (χ4v) is 2.74. The van der Waals surface area contributed by atoms with Gasteiger partial charge in [0.05, 0.1) is 0 Å². The molecule has 2 heterocycles. The molecule has 2 fully saturated rings. The first kappa shape index (κ1) is 14.5. The van der Waals surface area contributed by atoms with Gasteiger partial charge in [-0.3, -0.25) is 9.69 Å².